The number of nitrogens with one attached hydrogen (secondary N) is 1. The van der Waals surface area contributed by atoms with E-state index in [0.717, 1.165) is 0 Å². The molecule has 1 N–H and O–H groups in total. The molecule has 6 heteroatoms. The van der Waals surface area contributed by atoms with E-state index in [0.29, 0.717) is 18.0 Å². The Balaban J connectivity index is 1.95. The fourth-order valence-corrected chi connectivity index (χ4v) is 3.06. The summed E-state index contributed by atoms with van der Waals surface area (Å²) in [6.45, 7) is 4.43. The molecule has 2 rings (SSSR count). The number of ether oxygens (including phenoxy) is 1. The second-order valence-corrected chi connectivity index (χ2v) is 6.74. The van der Waals surface area contributed by atoms with Crippen LogP contribution in [0.3, 0.4) is 0 Å². The van der Waals surface area contributed by atoms with Gasteiger partial charge in [0.1, 0.15) is 0 Å². The molecule has 0 aliphatic heterocycles. The number of likely N-dealkylation sites (N-methyl/N-ethyl adjacent to an activating group) is 1. The highest BCUT2D eigenvalue weighted by Gasteiger charge is 2.17. The van der Waals surface area contributed by atoms with Gasteiger partial charge >= 0.3 is 0 Å². The van der Waals surface area contributed by atoms with Crippen LogP contribution in [0.1, 0.15) is 35.1 Å². The summed E-state index contributed by atoms with van der Waals surface area (Å²) >= 11 is 1.69. The van der Waals surface area contributed by atoms with Crippen molar-refractivity contribution in [3.05, 3.63) is 46.3 Å². The van der Waals surface area contributed by atoms with Crippen molar-refractivity contribution in [2.24, 2.45) is 0 Å². The molecule has 0 bridgehead atoms. The number of rotatable bonds is 7. The number of thiophene rings is 1. The molecule has 23 heavy (non-hydrogen) atoms. The number of hydrogen-bond acceptors (Lipinski definition) is 5. The molecule has 0 aromatic carbocycles. The third-order valence-electron chi connectivity index (χ3n) is 3.31. The van der Waals surface area contributed by atoms with E-state index in [9.17, 15) is 4.79 Å². The molecule has 0 fully saturated rings. The van der Waals surface area contributed by atoms with Crippen molar-refractivity contribution < 1.29 is 9.53 Å². The van der Waals surface area contributed by atoms with Gasteiger partial charge in [-0.15, -0.1) is 11.3 Å². The van der Waals surface area contributed by atoms with Crippen molar-refractivity contribution in [3.8, 4) is 5.88 Å². The number of aromatic nitrogens is 1. The van der Waals surface area contributed by atoms with E-state index in [4.69, 9.17) is 4.74 Å². The van der Waals surface area contributed by atoms with E-state index in [-0.39, 0.29) is 18.1 Å². The largest absolute Gasteiger partial charge is 0.475 e. The topological polar surface area (TPSA) is 54.5 Å². The van der Waals surface area contributed by atoms with Gasteiger partial charge in [0.25, 0.3) is 5.91 Å². The third kappa shape index (κ3) is 5.04. The molecule has 2 aromatic rings. The monoisotopic (exact) mass is 333 g/mol. The number of carbonyl (C=O) groups is 1. The van der Waals surface area contributed by atoms with Gasteiger partial charge in [0.05, 0.1) is 17.7 Å². The van der Waals surface area contributed by atoms with Crippen LogP contribution in [0.5, 0.6) is 5.88 Å². The van der Waals surface area contributed by atoms with Crippen LogP contribution in [0.25, 0.3) is 0 Å². The predicted octanol–water partition coefficient (Wildman–Crippen LogP) is 2.96. The maximum atomic E-state index is 12.3. The van der Waals surface area contributed by atoms with Crippen LogP contribution < -0.4 is 10.1 Å². The summed E-state index contributed by atoms with van der Waals surface area (Å²) in [6.07, 6.45) is 1.61. The summed E-state index contributed by atoms with van der Waals surface area (Å²) in [6, 6.07) is 7.72. The zero-order chi connectivity index (χ0) is 16.8. The third-order valence-corrected chi connectivity index (χ3v) is 4.28. The van der Waals surface area contributed by atoms with Crippen LogP contribution in [-0.4, -0.2) is 42.5 Å². The lowest BCUT2D eigenvalue weighted by Crippen LogP contribution is -2.34. The Morgan fingerprint density at radius 1 is 1.35 bits per heavy atom. The highest BCUT2D eigenvalue weighted by atomic mass is 32.1. The van der Waals surface area contributed by atoms with Gasteiger partial charge in [0.2, 0.25) is 5.88 Å². The molecule has 0 saturated carbocycles. The first kappa shape index (κ1) is 17.4. The van der Waals surface area contributed by atoms with Gasteiger partial charge in [-0.3, -0.25) is 4.79 Å². The molecule has 0 saturated heterocycles. The minimum absolute atomic E-state index is 0.0637. The maximum absolute atomic E-state index is 12.3. The Hall–Kier alpha value is -1.92. The summed E-state index contributed by atoms with van der Waals surface area (Å²) in [5.41, 5.74) is 0.532. The van der Waals surface area contributed by atoms with Gasteiger partial charge in [-0.25, -0.2) is 4.98 Å². The lowest BCUT2D eigenvalue weighted by atomic mass is 10.2. The standard InChI is InChI=1S/C17H23N3O2S/c1-12(2)22-16-8-7-13(10-18-16)17(21)19-11-14(20(3)4)15-6-5-9-23-15/h5-10,12,14H,11H2,1-4H3,(H,19,21)/t14-/m0/s1. The van der Waals surface area contributed by atoms with Crippen molar-refractivity contribution in [1.29, 1.82) is 0 Å². The Morgan fingerprint density at radius 2 is 2.13 bits per heavy atom. The van der Waals surface area contributed by atoms with Crippen molar-refractivity contribution in [3.63, 3.8) is 0 Å². The number of nitrogens with zero attached hydrogens (tertiary/aromatic N) is 2. The Bertz CT molecular complexity index is 609. The molecule has 1 atom stereocenters. The first-order valence-corrected chi connectivity index (χ1v) is 8.46. The lowest BCUT2D eigenvalue weighted by molar-refractivity contribution is 0.0942. The number of hydrogen-bond donors (Lipinski definition) is 1. The van der Waals surface area contributed by atoms with Crippen LogP contribution in [0.4, 0.5) is 0 Å². The van der Waals surface area contributed by atoms with Gasteiger partial charge < -0.3 is 15.0 Å². The summed E-state index contributed by atoms with van der Waals surface area (Å²) in [7, 11) is 4.02. The van der Waals surface area contributed by atoms with Crippen molar-refractivity contribution in [1.82, 2.24) is 15.2 Å². The molecule has 1 amide bonds. The molecule has 0 aliphatic carbocycles. The molecule has 0 unspecified atom stereocenters. The Kier molecular flexibility index (Phi) is 6.12. The van der Waals surface area contributed by atoms with Gasteiger partial charge in [-0.1, -0.05) is 6.07 Å². The zero-order valence-corrected chi connectivity index (χ0v) is 14.8. The number of amides is 1. The van der Waals surface area contributed by atoms with E-state index >= 15 is 0 Å². The highest BCUT2D eigenvalue weighted by molar-refractivity contribution is 7.10. The van der Waals surface area contributed by atoms with Crippen LogP contribution in [0.2, 0.25) is 0 Å². The fraction of sp³-hybridized carbons (Fsp3) is 0.412. The van der Waals surface area contributed by atoms with Crippen molar-refractivity contribution in [2.75, 3.05) is 20.6 Å². The lowest BCUT2D eigenvalue weighted by Gasteiger charge is -2.23. The summed E-state index contributed by atoms with van der Waals surface area (Å²) in [4.78, 5) is 19.8. The minimum Gasteiger partial charge on any atom is -0.475 e. The summed E-state index contributed by atoms with van der Waals surface area (Å²) in [5, 5.41) is 5.02. The van der Waals surface area contributed by atoms with Gasteiger partial charge in [-0.05, 0) is 45.5 Å². The van der Waals surface area contributed by atoms with Gasteiger partial charge in [0.15, 0.2) is 0 Å². The molecule has 2 heterocycles. The van der Waals surface area contributed by atoms with Crippen molar-refractivity contribution in [2.45, 2.75) is 26.0 Å². The second-order valence-electron chi connectivity index (χ2n) is 5.76. The molecular weight excluding hydrogens is 310 g/mol. The van der Waals surface area contributed by atoms with E-state index in [1.807, 2.05) is 39.4 Å². The van der Waals surface area contributed by atoms with Gasteiger partial charge in [0, 0.05) is 23.7 Å². The predicted molar refractivity (Wildman–Crippen MR) is 93.1 cm³/mol. The van der Waals surface area contributed by atoms with Crippen LogP contribution >= 0.6 is 11.3 Å². The van der Waals surface area contributed by atoms with E-state index < -0.39 is 0 Å². The number of carbonyl (C=O) groups excluding carboxylic acids is 1. The molecule has 2 aromatic heterocycles. The first-order valence-electron chi connectivity index (χ1n) is 7.58. The average molecular weight is 333 g/mol. The first-order chi connectivity index (χ1) is 11.0. The average Bonchev–Trinajstić information content (AvgIpc) is 3.01. The maximum Gasteiger partial charge on any atom is 0.252 e. The highest BCUT2D eigenvalue weighted by Crippen LogP contribution is 2.22. The molecule has 5 nitrogen and oxygen atoms in total. The van der Waals surface area contributed by atoms with Crippen LogP contribution in [0.15, 0.2) is 35.8 Å². The van der Waals surface area contributed by atoms with Crippen molar-refractivity contribution >= 4 is 17.2 Å². The molecule has 0 radical (unpaired) electrons. The number of pyridine rings is 1. The molecule has 0 spiro atoms. The van der Waals surface area contributed by atoms with Crippen LogP contribution in [0, 0.1) is 0 Å². The Labute approximate surface area is 141 Å². The SMILES string of the molecule is CC(C)Oc1ccc(C(=O)NC[C@@H](c2cccs2)N(C)C)cn1. The van der Waals surface area contributed by atoms with E-state index in [2.05, 4.69) is 21.3 Å². The summed E-state index contributed by atoms with van der Waals surface area (Å²) < 4.78 is 5.48. The second kappa shape index (κ2) is 8.08. The Morgan fingerprint density at radius 3 is 2.65 bits per heavy atom. The molecular formula is C17H23N3O2S. The molecule has 0 aliphatic rings. The van der Waals surface area contributed by atoms with E-state index in [1.165, 1.54) is 4.88 Å². The fourth-order valence-electron chi connectivity index (χ4n) is 2.14. The normalized spacial score (nSPS) is 12.4. The van der Waals surface area contributed by atoms with Crippen LogP contribution in [-0.2, 0) is 0 Å². The zero-order valence-electron chi connectivity index (χ0n) is 13.9. The smallest absolute Gasteiger partial charge is 0.252 e. The van der Waals surface area contributed by atoms with E-state index in [1.54, 1.807) is 29.7 Å². The minimum atomic E-state index is -0.128. The van der Waals surface area contributed by atoms with Gasteiger partial charge in [-0.2, -0.15) is 0 Å². The quantitative estimate of drug-likeness (QED) is 0.846. The molecule has 124 valence electrons. The summed E-state index contributed by atoms with van der Waals surface area (Å²) in [5.74, 6) is 0.401.